The predicted octanol–water partition coefficient (Wildman–Crippen LogP) is 0.200. The highest BCUT2D eigenvalue weighted by Crippen LogP contribution is 2.08. The summed E-state index contributed by atoms with van der Waals surface area (Å²) in [5.41, 5.74) is 6.51. The Balaban J connectivity index is 1.81. The van der Waals surface area contributed by atoms with E-state index in [9.17, 15) is 4.79 Å². The monoisotopic (exact) mass is 249 g/mol. The molecule has 5 nitrogen and oxygen atoms in total. The minimum absolute atomic E-state index is 0.0162. The van der Waals surface area contributed by atoms with Crippen molar-refractivity contribution in [2.45, 2.75) is 18.9 Å². The molecule has 1 atom stereocenters. The number of carbonyl (C=O) groups excluding carboxylic acids is 1. The smallest absolute Gasteiger partial charge is 0.223 e. The van der Waals surface area contributed by atoms with Crippen LogP contribution in [0.5, 0.6) is 0 Å². The van der Waals surface area contributed by atoms with Gasteiger partial charge in [-0.1, -0.05) is 6.07 Å². The van der Waals surface area contributed by atoms with Crippen LogP contribution in [-0.2, 0) is 16.0 Å². The van der Waals surface area contributed by atoms with Crippen LogP contribution in [0.3, 0.4) is 0 Å². The summed E-state index contributed by atoms with van der Waals surface area (Å²) in [5, 5.41) is 0. The standard InChI is InChI=1S/C13H19N3O2/c14-9-12-10-16(7-8-18-12)13(17)5-4-11-3-1-2-6-15-11/h1-3,6,12H,4-5,7-10,14H2. The van der Waals surface area contributed by atoms with Gasteiger partial charge < -0.3 is 15.4 Å². The van der Waals surface area contributed by atoms with Gasteiger partial charge >= 0.3 is 0 Å². The molecule has 0 aromatic carbocycles. The number of pyridine rings is 1. The van der Waals surface area contributed by atoms with Gasteiger partial charge in [-0.3, -0.25) is 9.78 Å². The van der Waals surface area contributed by atoms with Crippen molar-refractivity contribution in [2.75, 3.05) is 26.2 Å². The maximum atomic E-state index is 12.0. The Labute approximate surface area is 107 Å². The summed E-state index contributed by atoms with van der Waals surface area (Å²) in [6.07, 6.45) is 2.91. The molecule has 1 saturated heterocycles. The van der Waals surface area contributed by atoms with Crippen molar-refractivity contribution in [3.05, 3.63) is 30.1 Å². The third-order valence-electron chi connectivity index (χ3n) is 3.08. The zero-order chi connectivity index (χ0) is 12.8. The number of nitrogens with two attached hydrogens (primary N) is 1. The molecule has 1 aromatic rings. The molecular weight excluding hydrogens is 230 g/mol. The molecule has 5 heteroatoms. The predicted molar refractivity (Wildman–Crippen MR) is 67.9 cm³/mol. The van der Waals surface area contributed by atoms with Gasteiger partial charge in [-0.05, 0) is 18.6 Å². The lowest BCUT2D eigenvalue weighted by Crippen LogP contribution is -2.48. The molecule has 98 valence electrons. The maximum absolute atomic E-state index is 12.0. The zero-order valence-electron chi connectivity index (χ0n) is 10.4. The average molecular weight is 249 g/mol. The fraction of sp³-hybridized carbons (Fsp3) is 0.538. The Kier molecular flexibility index (Phi) is 4.66. The van der Waals surface area contributed by atoms with Crippen LogP contribution in [0.2, 0.25) is 0 Å². The molecule has 1 aromatic heterocycles. The molecule has 0 radical (unpaired) electrons. The van der Waals surface area contributed by atoms with Gasteiger partial charge in [-0.25, -0.2) is 0 Å². The Morgan fingerprint density at radius 3 is 3.17 bits per heavy atom. The van der Waals surface area contributed by atoms with E-state index < -0.39 is 0 Å². The number of aryl methyl sites for hydroxylation is 1. The highest BCUT2D eigenvalue weighted by atomic mass is 16.5. The minimum atomic E-state index is -0.0162. The van der Waals surface area contributed by atoms with Crippen molar-refractivity contribution in [3.63, 3.8) is 0 Å². The second-order valence-electron chi connectivity index (χ2n) is 4.39. The van der Waals surface area contributed by atoms with Crippen molar-refractivity contribution >= 4 is 5.91 Å². The fourth-order valence-electron chi connectivity index (χ4n) is 2.03. The number of morpholine rings is 1. The number of carbonyl (C=O) groups is 1. The highest BCUT2D eigenvalue weighted by molar-refractivity contribution is 5.76. The molecule has 1 unspecified atom stereocenters. The Morgan fingerprint density at radius 2 is 2.44 bits per heavy atom. The SMILES string of the molecule is NCC1CN(C(=O)CCc2ccccn2)CCO1. The molecule has 0 bridgehead atoms. The van der Waals surface area contributed by atoms with E-state index in [1.807, 2.05) is 23.1 Å². The number of rotatable bonds is 4. The second kappa shape index (κ2) is 6.47. The molecule has 1 amide bonds. The van der Waals surface area contributed by atoms with Crippen molar-refractivity contribution < 1.29 is 9.53 Å². The lowest BCUT2D eigenvalue weighted by Gasteiger charge is -2.32. The van der Waals surface area contributed by atoms with Crippen LogP contribution >= 0.6 is 0 Å². The summed E-state index contributed by atoms with van der Waals surface area (Å²) in [7, 11) is 0. The summed E-state index contributed by atoms with van der Waals surface area (Å²) in [4.78, 5) is 18.1. The molecule has 1 aliphatic rings. The van der Waals surface area contributed by atoms with Crippen molar-refractivity contribution in [3.8, 4) is 0 Å². The van der Waals surface area contributed by atoms with Gasteiger partial charge in [0.15, 0.2) is 0 Å². The van der Waals surface area contributed by atoms with E-state index in [-0.39, 0.29) is 12.0 Å². The maximum Gasteiger partial charge on any atom is 0.223 e. The van der Waals surface area contributed by atoms with Crippen LogP contribution in [0, 0.1) is 0 Å². The van der Waals surface area contributed by atoms with E-state index in [0.717, 1.165) is 5.69 Å². The third kappa shape index (κ3) is 3.51. The van der Waals surface area contributed by atoms with Crippen LogP contribution < -0.4 is 5.73 Å². The van der Waals surface area contributed by atoms with Crippen LogP contribution in [-0.4, -0.2) is 48.1 Å². The fourth-order valence-corrected chi connectivity index (χ4v) is 2.03. The summed E-state index contributed by atoms with van der Waals surface area (Å²) in [5.74, 6) is 0.155. The molecule has 18 heavy (non-hydrogen) atoms. The number of amides is 1. The normalized spacial score (nSPS) is 19.8. The van der Waals surface area contributed by atoms with Gasteiger partial charge in [0.05, 0.1) is 12.7 Å². The van der Waals surface area contributed by atoms with Crippen LogP contribution in [0.1, 0.15) is 12.1 Å². The number of hydrogen-bond acceptors (Lipinski definition) is 4. The molecule has 0 spiro atoms. The van der Waals surface area contributed by atoms with Crippen molar-refractivity contribution in [1.82, 2.24) is 9.88 Å². The molecule has 2 heterocycles. The first-order chi connectivity index (χ1) is 8.79. The average Bonchev–Trinajstić information content (AvgIpc) is 2.46. The second-order valence-corrected chi connectivity index (χ2v) is 4.39. The number of ether oxygens (including phenoxy) is 1. The lowest BCUT2D eigenvalue weighted by molar-refractivity contribution is -0.138. The van der Waals surface area contributed by atoms with Gasteiger partial charge in [-0.15, -0.1) is 0 Å². The Hall–Kier alpha value is -1.46. The van der Waals surface area contributed by atoms with Crippen molar-refractivity contribution in [1.29, 1.82) is 0 Å². The molecule has 2 rings (SSSR count). The van der Waals surface area contributed by atoms with Gasteiger partial charge in [0.1, 0.15) is 0 Å². The van der Waals surface area contributed by atoms with Gasteiger partial charge in [0.2, 0.25) is 5.91 Å². The van der Waals surface area contributed by atoms with Crippen LogP contribution in [0.25, 0.3) is 0 Å². The first-order valence-electron chi connectivity index (χ1n) is 6.29. The first kappa shape index (κ1) is 13.0. The van der Waals surface area contributed by atoms with Crippen molar-refractivity contribution in [2.24, 2.45) is 5.73 Å². The van der Waals surface area contributed by atoms with Gasteiger partial charge in [-0.2, -0.15) is 0 Å². The minimum Gasteiger partial charge on any atom is -0.373 e. The topological polar surface area (TPSA) is 68.5 Å². The molecule has 0 aliphatic carbocycles. The van der Waals surface area contributed by atoms with E-state index in [0.29, 0.717) is 39.1 Å². The van der Waals surface area contributed by atoms with Gasteiger partial charge in [0.25, 0.3) is 0 Å². The summed E-state index contributed by atoms with van der Waals surface area (Å²) in [6, 6.07) is 5.75. The zero-order valence-corrected chi connectivity index (χ0v) is 10.4. The van der Waals surface area contributed by atoms with Gasteiger partial charge in [0, 0.05) is 37.9 Å². The molecule has 2 N–H and O–H groups in total. The van der Waals surface area contributed by atoms with E-state index >= 15 is 0 Å². The summed E-state index contributed by atoms with van der Waals surface area (Å²) in [6.45, 7) is 2.32. The lowest BCUT2D eigenvalue weighted by atomic mass is 10.2. The summed E-state index contributed by atoms with van der Waals surface area (Å²) < 4.78 is 5.44. The number of nitrogens with zero attached hydrogens (tertiary/aromatic N) is 2. The molecule has 0 saturated carbocycles. The van der Waals surface area contributed by atoms with E-state index in [4.69, 9.17) is 10.5 Å². The third-order valence-corrected chi connectivity index (χ3v) is 3.08. The Bertz CT molecular complexity index is 383. The van der Waals surface area contributed by atoms with Crippen LogP contribution in [0.15, 0.2) is 24.4 Å². The quantitative estimate of drug-likeness (QED) is 0.827. The van der Waals surface area contributed by atoms with E-state index in [1.54, 1.807) is 6.20 Å². The van der Waals surface area contributed by atoms with E-state index in [1.165, 1.54) is 0 Å². The highest BCUT2D eigenvalue weighted by Gasteiger charge is 2.22. The molecule has 1 fully saturated rings. The molecule has 1 aliphatic heterocycles. The number of aromatic nitrogens is 1. The first-order valence-corrected chi connectivity index (χ1v) is 6.29. The van der Waals surface area contributed by atoms with E-state index in [2.05, 4.69) is 4.98 Å². The number of hydrogen-bond donors (Lipinski definition) is 1. The molecular formula is C13H19N3O2. The largest absolute Gasteiger partial charge is 0.373 e. The Morgan fingerprint density at radius 1 is 1.56 bits per heavy atom. The summed E-state index contributed by atoms with van der Waals surface area (Å²) >= 11 is 0. The van der Waals surface area contributed by atoms with Crippen LogP contribution in [0.4, 0.5) is 0 Å².